The zero-order chi connectivity index (χ0) is 31.0. The molecule has 0 amide bonds. The number of nitrogens with zero attached hydrogens (tertiary/aromatic N) is 1. The third-order valence-corrected chi connectivity index (χ3v) is 9.79. The largest absolute Gasteiger partial charge is 0.310 e. The molecule has 0 saturated carbocycles. The van der Waals surface area contributed by atoms with Crippen LogP contribution < -0.4 is 4.90 Å². The third-order valence-electron chi connectivity index (χ3n) is 9.79. The first-order valence-corrected chi connectivity index (χ1v) is 16.8. The number of hydrogen-bond donors (Lipinski definition) is 0. The van der Waals surface area contributed by atoms with Crippen molar-refractivity contribution in [3.8, 4) is 22.3 Å². The zero-order valence-corrected chi connectivity index (χ0v) is 26.7. The molecular formula is C45H39N. The molecule has 1 nitrogen and oxygen atoms in total. The van der Waals surface area contributed by atoms with Crippen LogP contribution in [0.4, 0.5) is 17.1 Å². The van der Waals surface area contributed by atoms with Crippen LogP contribution in [-0.2, 0) is 12.8 Å². The average Bonchev–Trinajstić information content (AvgIpc) is 3.12. The first kappa shape index (κ1) is 28.3. The Hall–Kier alpha value is -5.14. The molecule has 0 unspecified atom stereocenters. The van der Waals surface area contributed by atoms with Gasteiger partial charge in [0.15, 0.2) is 0 Å². The zero-order valence-electron chi connectivity index (χ0n) is 26.7. The monoisotopic (exact) mass is 593 g/mol. The second-order valence-corrected chi connectivity index (χ2v) is 13.0. The van der Waals surface area contributed by atoms with Crippen molar-refractivity contribution < 1.29 is 0 Å². The van der Waals surface area contributed by atoms with Gasteiger partial charge in [-0.05, 0) is 128 Å². The molecule has 0 aromatic heterocycles. The van der Waals surface area contributed by atoms with Gasteiger partial charge in [-0.15, -0.1) is 0 Å². The third kappa shape index (κ3) is 5.16. The molecule has 224 valence electrons. The van der Waals surface area contributed by atoms with Crippen LogP contribution in [0.3, 0.4) is 0 Å². The predicted molar refractivity (Wildman–Crippen MR) is 198 cm³/mol. The van der Waals surface area contributed by atoms with Gasteiger partial charge >= 0.3 is 0 Å². The van der Waals surface area contributed by atoms with E-state index in [4.69, 9.17) is 0 Å². The summed E-state index contributed by atoms with van der Waals surface area (Å²) in [5.74, 6) is 0.413. The summed E-state index contributed by atoms with van der Waals surface area (Å²) in [7, 11) is 0. The maximum Gasteiger partial charge on any atom is 0.0499 e. The Labute approximate surface area is 272 Å². The van der Waals surface area contributed by atoms with Crippen molar-refractivity contribution in [1.82, 2.24) is 0 Å². The first-order valence-electron chi connectivity index (χ1n) is 16.8. The Morgan fingerprint density at radius 1 is 0.478 bits per heavy atom. The van der Waals surface area contributed by atoms with E-state index in [1.807, 2.05) is 0 Å². The van der Waals surface area contributed by atoms with Gasteiger partial charge in [0.25, 0.3) is 0 Å². The second-order valence-electron chi connectivity index (χ2n) is 13.0. The summed E-state index contributed by atoms with van der Waals surface area (Å²) in [6, 6.07) is 53.9. The molecule has 7 aromatic carbocycles. The van der Waals surface area contributed by atoms with Crippen LogP contribution in [0, 0.1) is 0 Å². The van der Waals surface area contributed by atoms with Crippen molar-refractivity contribution in [3.63, 3.8) is 0 Å². The smallest absolute Gasteiger partial charge is 0.0499 e. The van der Waals surface area contributed by atoms with Gasteiger partial charge in [-0.25, -0.2) is 0 Å². The van der Waals surface area contributed by atoms with E-state index in [2.05, 4.69) is 164 Å². The first-order chi connectivity index (χ1) is 22.6. The van der Waals surface area contributed by atoms with Crippen LogP contribution in [0.15, 0.2) is 146 Å². The summed E-state index contributed by atoms with van der Waals surface area (Å²) in [6.45, 7) is 4.66. The Balaban J connectivity index is 1.27. The molecule has 0 bridgehead atoms. The molecule has 1 aliphatic rings. The standard InChI is InChI=1S/C45H39N/c1-31(2)43-28-35-14-6-7-15-36(35)30-45(43)46(38-24-20-33(21-25-38)32-12-4-3-5-13-32)39-26-22-34(23-27-39)44-29-37-16-8-9-17-40(37)41-18-10-11-19-42(41)44/h3-5,8-13,16-31H,6-7,14-15H2,1-2H3. The minimum absolute atomic E-state index is 0.413. The molecule has 1 aliphatic carbocycles. The second kappa shape index (κ2) is 12.0. The number of rotatable bonds is 6. The minimum atomic E-state index is 0.413. The highest BCUT2D eigenvalue weighted by Gasteiger charge is 2.22. The van der Waals surface area contributed by atoms with Crippen LogP contribution >= 0.6 is 0 Å². The van der Waals surface area contributed by atoms with Gasteiger partial charge in [-0.3, -0.25) is 0 Å². The fraction of sp³-hybridized carbons (Fsp3) is 0.156. The number of aryl methyl sites for hydroxylation is 2. The Kier molecular flexibility index (Phi) is 7.39. The maximum atomic E-state index is 2.51. The van der Waals surface area contributed by atoms with Crippen molar-refractivity contribution in [2.75, 3.05) is 4.90 Å². The van der Waals surface area contributed by atoms with E-state index in [0.717, 1.165) is 6.42 Å². The number of anilines is 3. The molecule has 7 aromatic rings. The summed E-state index contributed by atoms with van der Waals surface area (Å²) in [4.78, 5) is 2.49. The van der Waals surface area contributed by atoms with Gasteiger partial charge in [-0.2, -0.15) is 0 Å². The van der Waals surface area contributed by atoms with E-state index < -0.39 is 0 Å². The summed E-state index contributed by atoms with van der Waals surface area (Å²) < 4.78 is 0. The summed E-state index contributed by atoms with van der Waals surface area (Å²) in [5.41, 5.74) is 13.1. The van der Waals surface area contributed by atoms with Gasteiger partial charge in [-0.1, -0.05) is 123 Å². The molecule has 1 heteroatoms. The van der Waals surface area contributed by atoms with Gasteiger partial charge in [0.05, 0.1) is 0 Å². The van der Waals surface area contributed by atoms with E-state index in [1.54, 1.807) is 0 Å². The highest BCUT2D eigenvalue weighted by atomic mass is 15.1. The average molecular weight is 594 g/mol. The van der Waals surface area contributed by atoms with E-state index in [9.17, 15) is 0 Å². The van der Waals surface area contributed by atoms with E-state index >= 15 is 0 Å². The fourth-order valence-corrected chi connectivity index (χ4v) is 7.39. The lowest BCUT2D eigenvalue weighted by Crippen LogP contribution is -2.15. The summed E-state index contributed by atoms with van der Waals surface area (Å²) in [5, 5.41) is 5.17. The molecule has 0 N–H and O–H groups in total. The Morgan fingerprint density at radius 3 is 1.70 bits per heavy atom. The SMILES string of the molecule is CC(C)c1cc2c(cc1N(c1ccc(-c3ccccc3)cc1)c1ccc(-c3cc4ccccc4c4ccccc34)cc1)CCCC2. The Morgan fingerprint density at radius 2 is 1.02 bits per heavy atom. The number of hydrogen-bond acceptors (Lipinski definition) is 1. The lowest BCUT2D eigenvalue weighted by molar-refractivity contribution is 0.682. The topological polar surface area (TPSA) is 3.24 Å². The molecular weight excluding hydrogens is 555 g/mol. The van der Waals surface area contributed by atoms with Crippen LogP contribution in [0.5, 0.6) is 0 Å². The molecule has 0 atom stereocenters. The number of fused-ring (bicyclic) bond motifs is 4. The van der Waals surface area contributed by atoms with E-state index in [1.165, 1.54) is 96.8 Å². The molecule has 0 heterocycles. The van der Waals surface area contributed by atoms with Crippen LogP contribution in [0.25, 0.3) is 43.8 Å². The molecule has 0 spiro atoms. The fourth-order valence-electron chi connectivity index (χ4n) is 7.39. The van der Waals surface area contributed by atoms with Gasteiger partial charge in [0.1, 0.15) is 0 Å². The molecule has 0 aliphatic heterocycles. The van der Waals surface area contributed by atoms with Crippen molar-refractivity contribution >= 4 is 38.6 Å². The van der Waals surface area contributed by atoms with Crippen molar-refractivity contribution in [2.24, 2.45) is 0 Å². The summed E-state index contributed by atoms with van der Waals surface area (Å²) in [6.07, 6.45) is 4.91. The molecule has 0 fully saturated rings. The minimum Gasteiger partial charge on any atom is -0.310 e. The van der Waals surface area contributed by atoms with Gasteiger partial charge in [0.2, 0.25) is 0 Å². The van der Waals surface area contributed by atoms with Crippen LogP contribution in [0.1, 0.15) is 49.3 Å². The van der Waals surface area contributed by atoms with Crippen molar-refractivity contribution in [2.45, 2.75) is 45.4 Å². The lowest BCUT2D eigenvalue weighted by atomic mass is 9.86. The van der Waals surface area contributed by atoms with Crippen molar-refractivity contribution in [3.05, 3.63) is 162 Å². The highest BCUT2D eigenvalue weighted by Crippen LogP contribution is 2.43. The summed E-state index contributed by atoms with van der Waals surface area (Å²) >= 11 is 0. The van der Waals surface area contributed by atoms with Crippen LogP contribution in [0.2, 0.25) is 0 Å². The van der Waals surface area contributed by atoms with Crippen LogP contribution in [-0.4, -0.2) is 0 Å². The molecule has 0 radical (unpaired) electrons. The van der Waals surface area contributed by atoms with Crippen molar-refractivity contribution in [1.29, 1.82) is 0 Å². The highest BCUT2D eigenvalue weighted by molar-refractivity contribution is 6.13. The van der Waals surface area contributed by atoms with Gasteiger partial charge < -0.3 is 4.90 Å². The quantitative estimate of drug-likeness (QED) is 0.173. The maximum absolute atomic E-state index is 2.51. The predicted octanol–water partition coefficient (Wildman–Crippen LogP) is 12.8. The molecule has 0 saturated heterocycles. The lowest BCUT2D eigenvalue weighted by Gasteiger charge is -2.31. The molecule has 8 rings (SSSR count). The normalized spacial score (nSPS) is 12.8. The number of benzene rings is 7. The molecule has 46 heavy (non-hydrogen) atoms. The van der Waals surface area contributed by atoms with Gasteiger partial charge in [0, 0.05) is 17.1 Å². The van der Waals surface area contributed by atoms with E-state index in [0.29, 0.717) is 5.92 Å². The Bertz CT molecular complexity index is 2160. The van der Waals surface area contributed by atoms with E-state index in [-0.39, 0.29) is 0 Å².